The van der Waals surface area contributed by atoms with Crippen LogP contribution in [-0.2, 0) is 0 Å². The normalized spacial score (nSPS) is 24.6. The van der Waals surface area contributed by atoms with E-state index < -0.39 is 6.23 Å². The molecule has 32 heavy (non-hydrogen) atoms. The first-order valence-electron chi connectivity index (χ1n) is 11.5. The molecule has 4 nitrogen and oxygen atoms in total. The Bertz CT molecular complexity index is 1000. The molecular formula is C28H30N2O2. The Morgan fingerprint density at radius 1 is 0.812 bits per heavy atom. The second kappa shape index (κ2) is 9.27. The number of aliphatic imine (C=N–C) groups is 1. The summed E-state index contributed by atoms with van der Waals surface area (Å²) in [5, 5.41) is 11.1. The number of benzene rings is 3. The van der Waals surface area contributed by atoms with Crippen LogP contribution in [0.1, 0.15) is 41.7 Å². The van der Waals surface area contributed by atoms with Crippen LogP contribution < -0.4 is 4.74 Å². The minimum Gasteiger partial charge on any atom is -0.497 e. The maximum absolute atomic E-state index is 11.1. The van der Waals surface area contributed by atoms with E-state index in [4.69, 9.17) is 9.73 Å². The molecule has 0 radical (unpaired) electrons. The van der Waals surface area contributed by atoms with E-state index in [1.165, 1.54) is 11.1 Å². The van der Waals surface area contributed by atoms with Crippen molar-refractivity contribution in [2.45, 2.75) is 31.0 Å². The molecule has 2 atom stereocenters. The molecule has 3 aliphatic rings. The predicted octanol–water partition coefficient (Wildman–Crippen LogP) is 5.05. The highest BCUT2D eigenvalue weighted by Gasteiger charge is 2.44. The van der Waals surface area contributed by atoms with Crippen molar-refractivity contribution in [3.63, 3.8) is 0 Å². The molecule has 3 heterocycles. The first-order valence-corrected chi connectivity index (χ1v) is 11.5. The Morgan fingerprint density at radius 2 is 1.38 bits per heavy atom. The molecule has 0 amide bonds. The minimum atomic E-state index is -0.869. The number of piperidine rings is 3. The van der Waals surface area contributed by atoms with Crippen molar-refractivity contribution in [2.24, 2.45) is 10.9 Å². The zero-order valence-electron chi connectivity index (χ0n) is 18.5. The number of ether oxygens (including phenoxy) is 1. The average Bonchev–Trinajstić information content (AvgIpc) is 2.87. The van der Waals surface area contributed by atoms with E-state index in [2.05, 4.69) is 65.6 Å². The lowest BCUT2D eigenvalue weighted by Crippen LogP contribution is -2.58. The standard InChI is InChI=1S/C28H30N2O2/c1-32-24-14-12-23(13-15-24)28(31)29-26-22-16-18-30(19-17-22)27(26)25(20-8-4-2-5-9-20)21-10-6-3-7-11-21/h2-15,22,25,27-28,31H,16-19H2,1H3. The number of rotatable bonds is 6. The van der Waals surface area contributed by atoms with E-state index in [0.717, 1.165) is 43.0 Å². The van der Waals surface area contributed by atoms with Crippen molar-refractivity contribution in [3.05, 3.63) is 102 Å². The second-order valence-corrected chi connectivity index (χ2v) is 8.75. The molecule has 0 aliphatic carbocycles. The van der Waals surface area contributed by atoms with Gasteiger partial charge in [0.2, 0.25) is 0 Å². The average molecular weight is 427 g/mol. The summed E-state index contributed by atoms with van der Waals surface area (Å²) in [7, 11) is 1.65. The maximum Gasteiger partial charge on any atom is 0.171 e. The zero-order chi connectivity index (χ0) is 21.9. The van der Waals surface area contributed by atoms with Crippen LogP contribution in [0.4, 0.5) is 0 Å². The van der Waals surface area contributed by atoms with Crippen molar-refractivity contribution >= 4 is 5.71 Å². The first-order chi connectivity index (χ1) is 15.7. The number of aliphatic hydroxyl groups excluding tert-OH is 1. The van der Waals surface area contributed by atoms with Crippen LogP contribution in [0.2, 0.25) is 0 Å². The Hall–Kier alpha value is -2.95. The SMILES string of the molecule is COc1ccc(C(O)N=C2C3CCN(CC3)C2C(c2ccccc2)c2ccccc2)cc1. The summed E-state index contributed by atoms with van der Waals surface area (Å²) in [5.74, 6) is 1.39. The topological polar surface area (TPSA) is 45.1 Å². The molecule has 1 N–H and O–H groups in total. The van der Waals surface area contributed by atoms with Gasteiger partial charge < -0.3 is 9.84 Å². The van der Waals surface area contributed by atoms with Gasteiger partial charge in [0.25, 0.3) is 0 Å². The Morgan fingerprint density at radius 3 is 1.91 bits per heavy atom. The van der Waals surface area contributed by atoms with Crippen molar-refractivity contribution in [3.8, 4) is 5.75 Å². The monoisotopic (exact) mass is 426 g/mol. The molecule has 6 rings (SSSR count). The Kier molecular flexibility index (Phi) is 6.06. The van der Waals surface area contributed by atoms with Crippen LogP contribution in [0, 0.1) is 5.92 Å². The van der Waals surface area contributed by atoms with Gasteiger partial charge in [-0.25, -0.2) is 0 Å². The van der Waals surface area contributed by atoms with Gasteiger partial charge in [-0.15, -0.1) is 0 Å². The van der Waals surface area contributed by atoms with Crippen LogP contribution in [0.5, 0.6) is 5.75 Å². The summed E-state index contributed by atoms with van der Waals surface area (Å²) in [6.45, 7) is 2.17. The van der Waals surface area contributed by atoms with Gasteiger partial charge in [0.1, 0.15) is 5.75 Å². The molecule has 0 spiro atoms. The molecule has 3 aromatic carbocycles. The van der Waals surface area contributed by atoms with Crippen LogP contribution in [-0.4, -0.2) is 42.0 Å². The third-order valence-corrected chi connectivity index (χ3v) is 6.96. The van der Waals surface area contributed by atoms with Gasteiger partial charge in [0, 0.05) is 23.1 Å². The first kappa shape index (κ1) is 20.9. The van der Waals surface area contributed by atoms with E-state index in [0.29, 0.717) is 5.92 Å². The smallest absolute Gasteiger partial charge is 0.171 e. The molecule has 0 saturated carbocycles. The number of aliphatic hydroxyl groups is 1. The van der Waals surface area contributed by atoms with Crippen molar-refractivity contribution in [1.29, 1.82) is 0 Å². The molecule has 0 aromatic heterocycles. The molecule has 4 heteroatoms. The second-order valence-electron chi connectivity index (χ2n) is 8.75. The van der Waals surface area contributed by atoms with Gasteiger partial charge in [0.15, 0.2) is 6.23 Å². The van der Waals surface area contributed by atoms with Crippen molar-refractivity contribution in [1.82, 2.24) is 4.90 Å². The lowest BCUT2D eigenvalue weighted by molar-refractivity contribution is 0.128. The fourth-order valence-electron chi connectivity index (χ4n) is 5.33. The van der Waals surface area contributed by atoms with Gasteiger partial charge in [-0.3, -0.25) is 9.89 Å². The summed E-state index contributed by atoms with van der Waals surface area (Å²) in [6, 6.07) is 29.2. The molecular weight excluding hydrogens is 396 g/mol. The number of hydrogen-bond donors (Lipinski definition) is 1. The van der Waals surface area contributed by atoms with Gasteiger partial charge in [-0.2, -0.15) is 0 Å². The van der Waals surface area contributed by atoms with Crippen LogP contribution >= 0.6 is 0 Å². The molecule has 164 valence electrons. The number of fused-ring (bicyclic) bond motifs is 3. The summed E-state index contributed by atoms with van der Waals surface area (Å²) < 4.78 is 5.26. The van der Waals surface area contributed by atoms with Crippen LogP contribution in [0.3, 0.4) is 0 Å². The van der Waals surface area contributed by atoms with E-state index in [-0.39, 0.29) is 12.0 Å². The maximum atomic E-state index is 11.1. The number of methoxy groups -OCH3 is 1. The van der Waals surface area contributed by atoms with Crippen molar-refractivity contribution in [2.75, 3.05) is 20.2 Å². The van der Waals surface area contributed by atoms with Crippen LogP contribution in [0.25, 0.3) is 0 Å². The van der Waals surface area contributed by atoms with Gasteiger partial charge >= 0.3 is 0 Å². The summed E-state index contributed by atoms with van der Waals surface area (Å²) in [5.41, 5.74) is 4.53. The Labute approximate surface area is 190 Å². The molecule has 2 unspecified atom stereocenters. The fourth-order valence-corrected chi connectivity index (χ4v) is 5.33. The van der Waals surface area contributed by atoms with Gasteiger partial charge in [-0.1, -0.05) is 72.8 Å². The Balaban J connectivity index is 1.56. The van der Waals surface area contributed by atoms with E-state index in [9.17, 15) is 5.11 Å². The number of hydrogen-bond acceptors (Lipinski definition) is 4. The highest BCUT2D eigenvalue weighted by Crippen LogP contribution is 2.41. The quantitative estimate of drug-likeness (QED) is 0.600. The fraction of sp³-hybridized carbons (Fsp3) is 0.321. The van der Waals surface area contributed by atoms with Gasteiger partial charge in [-0.05, 0) is 49.2 Å². The molecule has 3 fully saturated rings. The van der Waals surface area contributed by atoms with Crippen molar-refractivity contribution < 1.29 is 9.84 Å². The molecule has 3 saturated heterocycles. The van der Waals surface area contributed by atoms with Gasteiger partial charge in [0.05, 0.1) is 13.2 Å². The molecule has 2 bridgehead atoms. The summed E-state index contributed by atoms with van der Waals surface area (Å²) in [6.07, 6.45) is 1.35. The van der Waals surface area contributed by atoms with Crippen LogP contribution in [0.15, 0.2) is 89.9 Å². The highest BCUT2D eigenvalue weighted by atomic mass is 16.5. The zero-order valence-corrected chi connectivity index (χ0v) is 18.5. The largest absolute Gasteiger partial charge is 0.497 e. The van der Waals surface area contributed by atoms with E-state index in [1.54, 1.807) is 7.11 Å². The molecule has 3 aliphatic heterocycles. The highest BCUT2D eigenvalue weighted by molar-refractivity contribution is 5.94. The number of nitrogens with zero attached hydrogens (tertiary/aromatic N) is 2. The minimum absolute atomic E-state index is 0.153. The summed E-state index contributed by atoms with van der Waals surface area (Å²) >= 11 is 0. The van der Waals surface area contributed by atoms with E-state index >= 15 is 0 Å². The van der Waals surface area contributed by atoms with E-state index in [1.807, 2.05) is 24.3 Å². The lowest BCUT2D eigenvalue weighted by Gasteiger charge is -2.50. The third kappa shape index (κ3) is 4.08. The molecule has 3 aromatic rings. The third-order valence-electron chi connectivity index (χ3n) is 6.96. The lowest BCUT2D eigenvalue weighted by atomic mass is 9.72. The summed E-state index contributed by atoms with van der Waals surface area (Å²) in [4.78, 5) is 7.56. The predicted molar refractivity (Wildman–Crippen MR) is 128 cm³/mol.